The van der Waals surface area contributed by atoms with Crippen LogP contribution in [-0.4, -0.2) is 50.9 Å². The van der Waals surface area contributed by atoms with Crippen LogP contribution in [0.15, 0.2) is 83.5 Å². The van der Waals surface area contributed by atoms with E-state index in [9.17, 15) is 5.11 Å². The SMILES string of the molecule is Cn1cc(-c2cnc3ccc(Sc4nnc5cccc(-c6cnn(CCO)c6)n45)cc3c2)cn1. The van der Waals surface area contributed by atoms with Crippen LogP contribution in [0.25, 0.3) is 38.9 Å². The average Bonchev–Trinajstić information content (AvgIpc) is 3.59. The molecule has 0 unspecified atom stereocenters. The lowest BCUT2D eigenvalue weighted by atomic mass is 10.1. The second-order valence-electron chi connectivity index (χ2n) is 7.89. The predicted molar refractivity (Wildman–Crippen MR) is 129 cm³/mol. The fourth-order valence-corrected chi connectivity index (χ4v) is 4.83. The van der Waals surface area contributed by atoms with E-state index in [-0.39, 0.29) is 6.61 Å². The molecular weight excluding hydrogens is 448 g/mol. The first-order valence-electron chi connectivity index (χ1n) is 10.7. The molecule has 10 heteroatoms. The van der Waals surface area contributed by atoms with E-state index in [1.54, 1.807) is 27.3 Å². The highest BCUT2D eigenvalue weighted by atomic mass is 32.2. The van der Waals surface area contributed by atoms with Crippen molar-refractivity contribution < 1.29 is 5.11 Å². The Morgan fingerprint density at radius 2 is 1.82 bits per heavy atom. The van der Waals surface area contributed by atoms with Gasteiger partial charge >= 0.3 is 0 Å². The fourth-order valence-electron chi connectivity index (χ4n) is 3.93. The normalized spacial score (nSPS) is 11.6. The third-order valence-electron chi connectivity index (χ3n) is 5.56. The maximum atomic E-state index is 9.21. The Kier molecular flexibility index (Phi) is 5.08. The molecule has 0 fully saturated rings. The largest absolute Gasteiger partial charge is 0.394 e. The van der Waals surface area contributed by atoms with Crippen molar-refractivity contribution in [2.24, 2.45) is 7.05 Å². The Labute approximate surface area is 198 Å². The summed E-state index contributed by atoms with van der Waals surface area (Å²) in [5.41, 5.74) is 5.62. The van der Waals surface area contributed by atoms with Gasteiger partial charge in [0.05, 0.1) is 36.8 Å². The minimum Gasteiger partial charge on any atom is -0.394 e. The van der Waals surface area contributed by atoms with Gasteiger partial charge in [0.1, 0.15) is 0 Å². The molecule has 1 aromatic carbocycles. The molecule has 1 N–H and O–H groups in total. The van der Waals surface area contributed by atoms with Gasteiger partial charge in [0.25, 0.3) is 0 Å². The molecule has 0 saturated carbocycles. The number of nitrogens with zero attached hydrogens (tertiary/aromatic N) is 8. The lowest BCUT2D eigenvalue weighted by Gasteiger charge is -2.07. The Balaban J connectivity index is 1.38. The van der Waals surface area contributed by atoms with Crippen LogP contribution in [0.3, 0.4) is 0 Å². The topological polar surface area (TPSA) is 99.0 Å². The zero-order valence-corrected chi connectivity index (χ0v) is 19.1. The van der Waals surface area contributed by atoms with Crippen LogP contribution < -0.4 is 0 Å². The van der Waals surface area contributed by atoms with Gasteiger partial charge in [-0.25, -0.2) is 0 Å². The molecule has 5 aromatic heterocycles. The second-order valence-corrected chi connectivity index (χ2v) is 8.93. The van der Waals surface area contributed by atoms with Crippen molar-refractivity contribution in [2.75, 3.05) is 6.61 Å². The molecule has 5 heterocycles. The van der Waals surface area contributed by atoms with Crippen LogP contribution in [0.2, 0.25) is 0 Å². The molecule has 34 heavy (non-hydrogen) atoms. The van der Waals surface area contributed by atoms with E-state index in [4.69, 9.17) is 0 Å². The molecule has 0 aliphatic heterocycles. The smallest absolute Gasteiger partial charge is 0.200 e. The number of aryl methyl sites for hydroxylation is 1. The first-order valence-corrected chi connectivity index (χ1v) is 11.5. The van der Waals surface area contributed by atoms with E-state index in [1.807, 2.05) is 66.6 Å². The molecule has 0 spiro atoms. The minimum absolute atomic E-state index is 0.0401. The number of rotatable bonds is 6. The molecule has 9 nitrogen and oxygen atoms in total. The van der Waals surface area contributed by atoms with E-state index in [2.05, 4.69) is 37.5 Å². The standard InChI is InChI=1S/C24H20N8OS/c1-30-14-18(12-26-30)17-9-16-10-20(5-6-21(16)25-11-17)34-24-29-28-23-4-2-3-22(32(23)24)19-13-27-31(15-19)7-8-33/h2-6,9-15,33H,7-8H2,1H3. The highest BCUT2D eigenvalue weighted by Gasteiger charge is 2.14. The summed E-state index contributed by atoms with van der Waals surface area (Å²) in [6.07, 6.45) is 9.41. The predicted octanol–water partition coefficient (Wildman–Crippen LogP) is 3.69. The average molecular weight is 469 g/mol. The monoisotopic (exact) mass is 468 g/mol. The Morgan fingerprint density at radius 1 is 0.912 bits per heavy atom. The summed E-state index contributed by atoms with van der Waals surface area (Å²) in [7, 11) is 1.90. The molecule has 0 bridgehead atoms. The molecule has 6 aromatic rings. The molecule has 6 rings (SSSR count). The molecule has 0 amide bonds. The Bertz CT molecular complexity index is 1630. The van der Waals surface area contributed by atoms with Crippen LogP contribution in [0, 0.1) is 0 Å². The summed E-state index contributed by atoms with van der Waals surface area (Å²) in [6, 6.07) is 14.2. The number of hydrogen-bond acceptors (Lipinski definition) is 7. The first kappa shape index (κ1) is 20.6. The summed E-state index contributed by atoms with van der Waals surface area (Å²) in [5.74, 6) is 0. The van der Waals surface area contributed by atoms with Gasteiger partial charge < -0.3 is 5.11 Å². The fraction of sp³-hybridized carbons (Fsp3) is 0.125. The van der Waals surface area contributed by atoms with Crippen molar-refractivity contribution in [3.05, 3.63) is 73.4 Å². The zero-order chi connectivity index (χ0) is 23.1. The van der Waals surface area contributed by atoms with Crippen LogP contribution in [0.5, 0.6) is 0 Å². The van der Waals surface area contributed by atoms with E-state index >= 15 is 0 Å². The quantitative estimate of drug-likeness (QED) is 0.398. The molecule has 0 aliphatic rings. The van der Waals surface area contributed by atoms with Gasteiger partial charge in [-0.3, -0.25) is 18.7 Å². The number of aromatic nitrogens is 8. The number of aliphatic hydroxyl groups excluding tert-OH is 1. The van der Waals surface area contributed by atoms with E-state index in [1.165, 1.54) is 0 Å². The molecule has 0 radical (unpaired) electrons. The van der Waals surface area contributed by atoms with Crippen molar-refractivity contribution in [1.82, 2.24) is 39.1 Å². The summed E-state index contributed by atoms with van der Waals surface area (Å²) in [6.45, 7) is 0.490. The molecule has 0 saturated heterocycles. The van der Waals surface area contributed by atoms with Gasteiger partial charge in [0.2, 0.25) is 5.16 Å². The highest BCUT2D eigenvalue weighted by molar-refractivity contribution is 7.99. The van der Waals surface area contributed by atoms with Gasteiger partial charge in [-0.05, 0) is 48.2 Å². The number of fused-ring (bicyclic) bond motifs is 2. The van der Waals surface area contributed by atoms with Gasteiger partial charge in [0.15, 0.2) is 5.65 Å². The first-order chi connectivity index (χ1) is 16.7. The maximum absolute atomic E-state index is 9.21. The van der Waals surface area contributed by atoms with Crippen molar-refractivity contribution in [1.29, 1.82) is 0 Å². The van der Waals surface area contributed by atoms with Crippen LogP contribution in [0.4, 0.5) is 0 Å². The lowest BCUT2D eigenvalue weighted by molar-refractivity contribution is 0.269. The van der Waals surface area contributed by atoms with Gasteiger partial charge in [-0.1, -0.05) is 6.07 Å². The van der Waals surface area contributed by atoms with Gasteiger partial charge in [0, 0.05) is 52.6 Å². The number of hydrogen-bond donors (Lipinski definition) is 1. The van der Waals surface area contributed by atoms with E-state index < -0.39 is 0 Å². The molecule has 168 valence electrons. The van der Waals surface area contributed by atoms with E-state index in [0.29, 0.717) is 6.54 Å². The third-order valence-corrected chi connectivity index (χ3v) is 6.49. The Morgan fingerprint density at radius 3 is 2.68 bits per heavy atom. The van der Waals surface area contributed by atoms with Crippen molar-refractivity contribution >= 4 is 28.3 Å². The van der Waals surface area contributed by atoms with Crippen molar-refractivity contribution in [3.8, 4) is 22.4 Å². The number of pyridine rings is 2. The van der Waals surface area contributed by atoms with Crippen LogP contribution in [-0.2, 0) is 13.6 Å². The van der Waals surface area contributed by atoms with E-state index in [0.717, 1.165) is 49.0 Å². The summed E-state index contributed by atoms with van der Waals surface area (Å²) >= 11 is 1.55. The summed E-state index contributed by atoms with van der Waals surface area (Å²) in [5, 5.41) is 28.4. The van der Waals surface area contributed by atoms with Gasteiger partial charge in [-0.2, -0.15) is 10.2 Å². The molecule has 0 aliphatic carbocycles. The van der Waals surface area contributed by atoms with Crippen molar-refractivity contribution in [2.45, 2.75) is 16.6 Å². The minimum atomic E-state index is 0.0401. The van der Waals surface area contributed by atoms with Crippen LogP contribution >= 0.6 is 11.8 Å². The number of benzene rings is 1. The molecule has 0 atom stereocenters. The maximum Gasteiger partial charge on any atom is 0.200 e. The van der Waals surface area contributed by atoms with Crippen molar-refractivity contribution in [3.63, 3.8) is 0 Å². The lowest BCUT2D eigenvalue weighted by Crippen LogP contribution is -2.01. The van der Waals surface area contributed by atoms with Crippen LogP contribution in [0.1, 0.15) is 0 Å². The summed E-state index contributed by atoms with van der Waals surface area (Å²) in [4.78, 5) is 5.66. The molecular formula is C24H20N8OS. The summed E-state index contributed by atoms with van der Waals surface area (Å²) < 4.78 is 5.54. The highest BCUT2D eigenvalue weighted by Crippen LogP contribution is 2.32. The van der Waals surface area contributed by atoms with Gasteiger partial charge in [-0.15, -0.1) is 10.2 Å². The zero-order valence-electron chi connectivity index (χ0n) is 18.3. The third kappa shape index (κ3) is 3.72. The Hall–Kier alpha value is -4.02. The number of aliphatic hydroxyl groups is 1. The second kappa shape index (κ2) is 8.40.